The van der Waals surface area contributed by atoms with Gasteiger partial charge in [-0.1, -0.05) is 24.5 Å². The molecule has 36 heavy (non-hydrogen) atoms. The normalized spacial score (nSPS) is 19.7. The van der Waals surface area contributed by atoms with E-state index in [0.717, 1.165) is 30.7 Å². The first-order chi connectivity index (χ1) is 17.2. The summed E-state index contributed by atoms with van der Waals surface area (Å²) in [6, 6.07) is 8.22. The Morgan fingerprint density at radius 1 is 1.08 bits per heavy atom. The second kappa shape index (κ2) is 9.67. The van der Waals surface area contributed by atoms with E-state index < -0.39 is 11.7 Å². The molecule has 5 rings (SSSR count). The molecule has 190 valence electrons. The van der Waals surface area contributed by atoms with Gasteiger partial charge in [-0.2, -0.15) is 28.2 Å². The molecule has 1 unspecified atom stereocenters. The van der Waals surface area contributed by atoms with Gasteiger partial charge in [-0.3, -0.25) is 9.78 Å². The Morgan fingerprint density at radius 3 is 2.50 bits per heavy atom. The van der Waals surface area contributed by atoms with E-state index in [9.17, 15) is 18.0 Å². The molecule has 3 aromatic rings. The molecule has 0 radical (unpaired) electrons. The number of aryl methyl sites for hydroxylation is 2. The number of piperidine rings is 1. The van der Waals surface area contributed by atoms with E-state index in [1.165, 1.54) is 36.5 Å². The molecule has 2 fully saturated rings. The Bertz CT molecular complexity index is 1200. The van der Waals surface area contributed by atoms with Crippen molar-refractivity contribution in [3.63, 3.8) is 0 Å². The number of hydrogen-bond acceptors (Lipinski definition) is 4. The SMILES string of the molecule is Cc1ccc(-n2nccn2)c(C(=O)N2CCC3(CCCC3)CC2CCc2ccc(C(F)(F)F)cn2)c1. The number of amides is 1. The van der Waals surface area contributed by atoms with Crippen LogP contribution in [0, 0.1) is 12.3 Å². The zero-order chi connectivity index (χ0) is 25.3. The van der Waals surface area contributed by atoms with Crippen molar-refractivity contribution >= 4 is 5.91 Å². The number of benzene rings is 1. The van der Waals surface area contributed by atoms with Crippen molar-refractivity contribution in [2.24, 2.45) is 5.41 Å². The standard InChI is InChI=1S/C27H30F3N5O/c1-19-4-9-24(35-32-13-14-33-35)23(16-19)25(36)34-15-12-26(10-2-3-11-26)17-22(34)8-7-21-6-5-20(18-31-21)27(28,29)30/h4-6,9,13-14,16,18,22H,2-3,7-8,10-12,15,17H2,1H3. The molecule has 1 aromatic carbocycles. The van der Waals surface area contributed by atoms with Crippen LogP contribution < -0.4 is 0 Å². The summed E-state index contributed by atoms with van der Waals surface area (Å²) in [4.78, 5) is 21.5. The largest absolute Gasteiger partial charge is 0.417 e. The highest BCUT2D eigenvalue weighted by atomic mass is 19.4. The second-order valence-corrected chi connectivity index (χ2v) is 10.2. The molecule has 0 bridgehead atoms. The van der Waals surface area contributed by atoms with Crippen LogP contribution in [0.2, 0.25) is 0 Å². The first kappa shape index (κ1) is 24.5. The summed E-state index contributed by atoms with van der Waals surface area (Å²) in [6.45, 7) is 2.62. The van der Waals surface area contributed by atoms with Gasteiger partial charge in [-0.15, -0.1) is 0 Å². The average Bonchev–Trinajstić information content (AvgIpc) is 3.55. The third-order valence-electron chi connectivity index (χ3n) is 7.82. The third-order valence-corrected chi connectivity index (χ3v) is 7.82. The van der Waals surface area contributed by atoms with Gasteiger partial charge in [0.1, 0.15) is 0 Å². The highest BCUT2D eigenvalue weighted by molar-refractivity contribution is 5.98. The number of rotatable bonds is 5. The lowest BCUT2D eigenvalue weighted by atomic mass is 9.73. The van der Waals surface area contributed by atoms with Crippen LogP contribution >= 0.6 is 0 Å². The van der Waals surface area contributed by atoms with E-state index in [1.54, 1.807) is 12.4 Å². The molecule has 3 heterocycles. The van der Waals surface area contributed by atoms with Gasteiger partial charge in [0, 0.05) is 24.5 Å². The lowest BCUT2D eigenvalue weighted by Crippen LogP contribution is -2.49. The quantitative estimate of drug-likeness (QED) is 0.448. The number of nitrogens with zero attached hydrogens (tertiary/aromatic N) is 5. The van der Waals surface area contributed by atoms with Gasteiger partial charge in [0.2, 0.25) is 0 Å². The predicted octanol–water partition coefficient (Wildman–Crippen LogP) is 5.79. The smallest absolute Gasteiger partial charge is 0.336 e. The Morgan fingerprint density at radius 2 is 1.83 bits per heavy atom. The van der Waals surface area contributed by atoms with Crippen molar-refractivity contribution in [1.29, 1.82) is 0 Å². The minimum Gasteiger partial charge on any atom is -0.336 e. The lowest BCUT2D eigenvalue weighted by molar-refractivity contribution is -0.137. The Hall–Kier alpha value is -3.23. The molecule has 2 aliphatic rings. The zero-order valence-corrected chi connectivity index (χ0v) is 20.3. The maximum absolute atomic E-state index is 14.0. The minimum atomic E-state index is -4.40. The lowest BCUT2D eigenvalue weighted by Gasteiger charge is -2.45. The third kappa shape index (κ3) is 5.01. The summed E-state index contributed by atoms with van der Waals surface area (Å²) >= 11 is 0. The number of alkyl halides is 3. The summed E-state index contributed by atoms with van der Waals surface area (Å²) in [5, 5.41) is 8.46. The molecule has 1 atom stereocenters. The van der Waals surface area contributed by atoms with E-state index >= 15 is 0 Å². The van der Waals surface area contributed by atoms with Crippen molar-refractivity contribution in [3.05, 3.63) is 71.3 Å². The average molecular weight is 498 g/mol. The number of halogens is 3. The molecule has 1 spiro atoms. The topological polar surface area (TPSA) is 63.9 Å². The first-order valence-electron chi connectivity index (χ1n) is 12.5. The van der Waals surface area contributed by atoms with Crippen LogP contribution in [0.3, 0.4) is 0 Å². The van der Waals surface area contributed by atoms with Gasteiger partial charge < -0.3 is 4.90 Å². The molecular weight excluding hydrogens is 467 g/mol. The highest BCUT2D eigenvalue weighted by Crippen LogP contribution is 2.49. The van der Waals surface area contributed by atoms with Gasteiger partial charge >= 0.3 is 6.18 Å². The van der Waals surface area contributed by atoms with Crippen LogP contribution in [0.25, 0.3) is 5.69 Å². The van der Waals surface area contributed by atoms with E-state index in [2.05, 4.69) is 15.2 Å². The van der Waals surface area contributed by atoms with Crippen molar-refractivity contribution in [1.82, 2.24) is 24.9 Å². The number of carbonyl (C=O) groups is 1. The number of carbonyl (C=O) groups excluding carboxylic acids is 1. The minimum absolute atomic E-state index is 0.00705. The number of aromatic nitrogens is 4. The van der Waals surface area contributed by atoms with Crippen molar-refractivity contribution in [3.8, 4) is 5.69 Å². The molecular formula is C27H30F3N5O. The molecule has 1 saturated heterocycles. The fourth-order valence-corrected chi connectivity index (χ4v) is 5.90. The number of pyridine rings is 1. The van der Waals surface area contributed by atoms with Crippen LogP contribution in [0.4, 0.5) is 13.2 Å². The summed E-state index contributed by atoms with van der Waals surface area (Å²) in [7, 11) is 0. The van der Waals surface area contributed by atoms with E-state index in [0.29, 0.717) is 36.3 Å². The maximum atomic E-state index is 14.0. The summed E-state index contributed by atoms with van der Waals surface area (Å²) in [6.07, 6.45) is 7.52. The highest BCUT2D eigenvalue weighted by Gasteiger charge is 2.43. The molecule has 1 aliphatic heterocycles. The van der Waals surface area contributed by atoms with E-state index in [-0.39, 0.29) is 17.4 Å². The van der Waals surface area contributed by atoms with Gasteiger partial charge in [0.25, 0.3) is 5.91 Å². The summed E-state index contributed by atoms with van der Waals surface area (Å²) in [5.74, 6) is -0.0516. The molecule has 1 saturated carbocycles. The number of hydrogen-bond donors (Lipinski definition) is 0. The molecule has 1 aliphatic carbocycles. The van der Waals surface area contributed by atoms with Gasteiger partial charge in [0.05, 0.1) is 29.2 Å². The van der Waals surface area contributed by atoms with Crippen LogP contribution in [0.15, 0.2) is 48.9 Å². The van der Waals surface area contributed by atoms with Crippen molar-refractivity contribution in [2.75, 3.05) is 6.54 Å². The van der Waals surface area contributed by atoms with Crippen LogP contribution in [0.5, 0.6) is 0 Å². The fraction of sp³-hybridized carbons (Fsp3) is 0.481. The molecule has 2 aromatic heterocycles. The van der Waals surface area contributed by atoms with Crippen LogP contribution in [-0.4, -0.2) is 43.4 Å². The van der Waals surface area contributed by atoms with Crippen molar-refractivity contribution < 1.29 is 18.0 Å². The van der Waals surface area contributed by atoms with Gasteiger partial charge in [0.15, 0.2) is 0 Å². The number of likely N-dealkylation sites (tertiary alicyclic amines) is 1. The van der Waals surface area contributed by atoms with E-state index in [4.69, 9.17) is 0 Å². The Labute approximate surface area is 208 Å². The van der Waals surface area contributed by atoms with Crippen molar-refractivity contribution in [2.45, 2.75) is 70.5 Å². The van der Waals surface area contributed by atoms with E-state index in [1.807, 2.05) is 30.0 Å². The van der Waals surface area contributed by atoms with Crippen LogP contribution in [0.1, 0.15) is 72.1 Å². The molecule has 6 nitrogen and oxygen atoms in total. The van der Waals surface area contributed by atoms with Gasteiger partial charge in [-0.05, 0) is 75.1 Å². The fourth-order valence-electron chi connectivity index (χ4n) is 5.90. The molecule has 9 heteroatoms. The van der Waals surface area contributed by atoms with Crippen LogP contribution in [-0.2, 0) is 12.6 Å². The maximum Gasteiger partial charge on any atom is 0.417 e. The first-order valence-corrected chi connectivity index (χ1v) is 12.5. The zero-order valence-electron chi connectivity index (χ0n) is 20.3. The second-order valence-electron chi connectivity index (χ2n) is 10.2. The summed E-state index contributed by atoms with van der Waals surface area (Å²) < 4.78 is 38.8. The summed E-state index contributed by atoms with van der Waals surface area (Å²) in [5.41, 5.74) is 2.30. The molecule has 0 N–H and O–H groups in total. The molecule has 1 amide bonds. The predicted molar refractivity (Wildman–Crippen MR) is 129 cm³/mol. The Kier molecular flexibility index (Phi) is 6.57. The van der Waals surface area contributed by atoms with Gasteiger partial charge in [-0.25, -0.2) is 0 Å². The monoisotopic (exact) mass is 497 g/mol. The Balaban J connectivity index is 1.40.